The van der Waals surface area contributed by atoms with Crippen LogP contribution in [0.3, 0.4) is 0 Å². The minimum absolute atomic E-state index is 0.0456. The fourth-order valence-electron chi connectivity index (χ4n) is 2.71. The quantitative estimate of drug-likeness (QED) is 0.706. The van der Waals surface area contributed by atoms with Crippen molar-refractivity contribution in [1.82, 2.24) is 9.62 Å². The first-order valence-electron chi connectivity index (χ1n) is 8.23. The molecule has 0 atom stereocenters. The summed E-state index contributed by atoms with van der Waals surface area (Å²) in [7, 11) is -3.68. The Hall–Kier alpha value is -1.97. The minimum Gasteiger partial charge on any atom is -0.479 e. The summed E-state index contributed by atoms with van der Waals surface area (Å²) >= 11 is 0. The van der Waals surface area contributed by atoms with Crippen molar-refractivity contribution >= 4 is 21.9 Å². The van der Waals surface area contributed by atoms with Crippen molar-refractivity contribution in [3.8, 4) is 0 Å². The first-order chi connectivity index (χ1) is 11.8. The summed E-state index contributed by atoms with van der Waals surface area (Å²) in [4.78, 5) is 25.0. The lowest BCUT2D eigenvalue weighted by Gasteiger charge is -2.35. The topological polar surface area (TPSA) is 124 Å². The van der Waals surface area contributed by atoms with Crippen molar-refractivity contribution in [2.75, 3.05) is 13.1 Å². The third-order valence-electron chi connectivity index (χ3n) is 4.13. The number of nitrogens with zero attached hydrogens (tertiary/aromatic N) is 1. The van der Waals surface area contributed by atoms with E-state index in [1.165, 1.54) is 29.2 Å². The molecule has 144 valence electrons. The molecule has 1 aromatic rings. The van der Waals surface area contributed by atoms with Crippen LogP contribution in [0.25, 0.3) is 0 Å². The van der Waals surface area contributed by atoms with Gasteiger partial charge in [-0.25, -0.2) is 17.9 Å². The second-order valence-corrected chi connectivity index (χ2v) is 9.19. The Kier molecular flexibility index (Phi) is 5.46. The maximum atomic E-state index is 12.5. The molecule has 0 spiro atoms. The average molecular weight is 384 g/mol. The summed E-state index contributed by atoms with van der Waals surface area (Å²) in [5, 5.41) is 18.9. The number of carbonyl (C=O) groups is 2. The molecule has 1 fully saturated rings. The van der Waals surface area contributed by atoms with Gasteiger partial charge in [0.05, 0.1) is 4.90 Å². The summed E-state index contributed by atoms with van der Waals surface area (Å²) < 4.78 is 27.1. The fraction of sp³-hybridized carbons (Fsp3) is 0.529. The minimum atomic E-state index is -3.68. The van der Waals surface area contributed by atoms with Gasteiger partial charge in [0.25, 0.3) is 5.91 Å². The zero-order valence-corrected chi connectivity index (χ0v) is 15.8. The molecule has 3 N–H and O–H groups in total. The Balaban J connectivity index is 2.09. The van der Waals surface area contributed by atoms with Gasteiger partial charge in [0.2, 0.25) is 10.0 Å². The molecule has 8 nitrogen and oxygen atoms in total. The van der Waals surface area contributed by atoms with E-state index in [2.05, 4.69) is 4.72 Å². The van der Waals surface area contributed by atoms with E-state index in [0.29, 0.717) is 5.56 Å². The van der Waals surface area contributed by atoms with Crippen molar-refractivity contribution in [3.63, 3.8) is 0 Å². The highest BCUT2D eigenvalue weighted by atomic mass is 32.2. The normalized spacial score (nSPS) is 17.8. The van der Waals surface area contributed by atoms with Crippen molar-refractivity contribution in [2.45, 2.75) is 49.6 Å². The van der Waals surface area contributed by atoms with Crippen LogP contribution in [0.1, 0.15) is 44.0 Å². The molecular formula is C17H24N2O6S. The number of benzene rings is 1. The molecule has 2 rings (SSSR count). The Bertz CT molecular complexity index is 788. The Morgan fingerprint density at radius 1 is 1.12 bits per heavy atom. The Morgan fingerprint density at radius 2 is 1.62 bits per heavy atom. The zero-order chi connectivity index (χ0) is 19.8. The molecular weight excluding hydrogens is 360 g/mol. The summed E-state index contributed by atoms with van der Waals surface area (Å²) in [6, 6.07) is 5.58. The van der Waals surface area contributed by atoms with Crippen molar-refractivity contribution in [1.29, 1.82) is 0 Å². The van der Waals surface area contributed by atoms with Gasteiger partial charge >= 0.3 is 5.97 Å². The first kappa shape index (κ1) is 20.3. The number of amides is 1. The van der Waals surface area contributed by atoms with Gasteiger partial charge in [-0.1, -0.05) is 0 Å². The number of hydrogen-bond donors (Lipinski definition) is 3. The molecule has 0 aliphatic carbocycles. The van der Waals surface area contributed by atoms with Gasteiger partial charge in [0.1, 0.15) is 0 Å². The number of carbonyl (C=O) groups excluding carboxylic acids is 1. The number of rotatable bonds is 4. The maximum Gasteiger partial charge on any atom is 0.335 e. The Labute approximate surface area is 152 Å². The third kappa shape index (κ3) is 4.60. The largest absolute Gasteiger partial charge is 0.479 e. The van der Waals surface area contributed by atoms with Crippen LogP contribution in [0.2, 0.25) is 0 Å². The van der Waals surface area contributed by atoms with Crippen LogP contribution < -0.4 is 4.72 Å². The van der Waals surface area contributed by atoms with E-state index in [1.807, 2.05) is 0 Å². The van der Waals surface area contributed by atoms with Gasteiger partial charge in [0, 0.05) is 37.0 Å². The smallest absolute Gasteiger partial charge is 0.335 e. The molecule has 26 heavy (non-hydrogen) atoms. The number of hydrogen-bond acceptors (Lipinski definition) is 5. The fourth-order valence-corrected chi connectivity index (χ4v) is 4.13. The molecule has 1 aromatic carbocycles. The summed E-state index contributed by atoms with van der Waals surface area (Å²) in [6.45, 7) is 5.44. The molecule has 0 aromatic heterocycles. The second kappa shape index (κ2) is 6.98. The molecule has 1 aliphatic heterocycles. The lowest BCUT2D eigenvalue weighted by atomic mass is 9.91. The molecule has 0 unspecified atom stereocenters. The monoisotopic (exact) mass is 384 g/mol. The molecule has 0 saturated carbocycles. The van der Waals surface area contributed by atoms with Gasteiger partial charge in [-0.05, 0) is 45.0 Å². The van der Waals surface area contributed by atoms with E-state index in [-0.39, 0.29) is 36.7 Å². The van der Waals surface area contributed by atoms with Crippen molar-refractivity contribution in [3.05, 3.63) is 29.8 Å². The highest BCUT2D eigenvalue weighted by Crippen LogP contribution is 2.24. The highest BCUT2D eigenvalue weighted by Gasteiger charge is 2.40. The van der Waals surface area contributed by atoms with Crippen molar-refractivity contribution < 1.29 is 28.2 Å². The molecule has 1 heterocycles. The zero-order valence-electron chi connectivity index (χ0n) is 15.0. The summed E-state index contributed by atoms with van der Waals surface area (Å²) in [5.41, 5.74) is -2.12. The van der Waals surface area contributed by atoms with E-state index >= 15 is 0 Å². The van der Waals surface area contributed by atoms with E-state index in [9.17, 15) is 23.1 Å². The summed E-state index contributed by atoms with van der Waals surface area (Å²) in [5.74, 6) is -1.62. The molecule has 0 radical (unpaired) electrons. The van der Waals surface area contributed by atoms with Gasteiger partial charge in [-0.2, -0.15) is 0 Å². The predicted molar refractivity (Wildman–Crippen MR) is 94.2 cm³/mol. The number of likely N-dealkylation sites (tertiary alicyclic amines) is 1. The van der Waals surface area contributed by atoms with Gasteiger partial charge < -0.3 is 15.1 Å². The van der Waals surface area contributed by atoms with E-state index in [0.717, 1.165) is 0 Å². The first-order valence-corrected chi connectivity index (χ1v) is 9.71. The molecule has 1 aliphatic rings. The van der Waals surface area contributed by atoms with Gasteiger partial charge in [0.15, 0.2) is 5.60 Å². The number of aliphatic hydroxyl groups is 1. The highest BCUT2D eigenvalue weighted by molar-refractivity contribution is 7.89. The number of aliphatic carboxylic acids is 1. The van der Waals surface area contributed by atoms with Crippen LogP contribution in [-0.2, 0) is 14.8 Å². The maximum absolute atomic E-state index is 12.5. The molecule has 9 heteroatoms. The van der Waals surface area contributed by atoms with Crippen LogP contribution >= 0.6 is 0 Å². The number of sulfonamides is 1. The average Bonchev–Trinajstić information content (AvgIpc) is 2.53. The molecule has 0 bridgehead atoms. The SMILES string of the molecule is CC(C)(C)NS(=O)(=O)c1ccc(C(=O)N2CCC(O)(C(=O)O)CC2)cc1. The number of carboxylic acids is 1. The lowest BCUT2D eigenvalue weighted by Crippen LogP contribution is -2.50. The molecule has 1 saturated heterocycles. The number of carboxylic acid groups (broad SMARTS) is 1. The lowest BCUT2D eigenvalue weighted by molar-refractivity contribution is -0.162. The van der Waals surface area contributed by atoms with Crippen LogP contribution in [0, 0.1) is 0 Å². The predicted octanol–water partition coefficient (Wildman–Crippen LogP) is 0.815. The molecule has 1 amide bonds. The van der Waals surface area contributed by atoms with E-state index in [1.54, 1.807) is 20.8 Å². The standard InChI is InChI=1S/C17H24N2O6S/c1-16(2,3)18-26(24,25)13-6-4-12(5-7-13)14(20)19-10-8-17(23,9-11-19)15(21)22/h4-7,18,23H,8-11H2,1-3H3,(H,21,22). The van der Waals surface area contributed by atoms with Crippen LogP contribution in [0.15, 0.2) is 29.2 Å². The summed E-state index contributed by atoms with van der Waals surface area (Å²) in [6.07, 6.45) is -0.0912. The Morgan fingerprint density at radius 3 is 2.04 bits per heavy atom. The third-order valence-corrected chi connectivity index (χ3v) is 5.90. The van der Waals surface area contributed by atoms with Crippen LogP contribution in [0.4, 0.5) is 0 Å². The number of nitrogens with one attached hydrogen (secondary N) is 1. The van der Waals surface area contributed by atoms with Crippen LogP contribution in [-0.4, -0.2) is 59.6 Å². The van der Waals surface area contributed by atoms with Crippen molar-refractivity contribution in [2.24, 2.45) is 0 Å². The van der Waals surface area contributed by atoms with Crippen LogP contribution in [0.5, 0.6) is 0 Å². The van der Waals surface area contributed by atoms with Gasteiger partial charge in [-0.15, -0.1) is 0 Å². The van der Waals surface area contributed by atoms with E-state index in [4.69, 9.17) is 5.11 Å². The number of piperidine rings is 1. The second-order valence-electron chi connectivity index (χ2n) is 7.51. The van der Waals surface area contributed by atoms with E-state index < -0.39 is 27.1 Å². The van der Waals surface area contributed by atoms with Gasteiger partial charge in [-0.3, -0.25) is 4.79 Å².